The Balaban J connectivity index is 2.10. The topological polar surface area (TPSA) is 75.6 Å². The van der Waals surface area contributed by atoms with Gasteiger partial charge in [-0.05, 0) is 13.0 Å². The van der Waals surface area contributed by atoms with Crippen molar-refractivity contribution in [2.45, 2.75) is 13.5 Å². The maximum atomic E-state index is 11.2. The van der Waals surface area contributed by atoms with E-state index in [0.717, 1.165) is 5.69 Å². The Hall–Kier alpha value is -2.11. The molecule has 16 heavy (non-hydrogen) atoms. The molecule has 0 atom stereocenters. The molecule has 2 rings (SSSR count). The highest BCUT2D eigenvalue weighted by Gasteiger charge is 2.00. The van der Waals surface area contributed by atoms with Crippen molar-refractivity contribution in [3.63, 3.8) is 0 Å². The largest absolute Gasteiger partial charge is 0.364 e. The van der Waals surface area contributed by atoms with Crippen molar-refractivity contribution in [3.8, 4) is 0 Å². The van der Waals surface area contributed by atoms with Gasteiger partial charge in [-0.3, -0.25) is 9.48 Å². The summed E-state index contributed by atoms with van der Waals surface area (Å²) in [6, 6.07) is 3.34. The highest BCUT2D eigenvalue weighted by Crippen LogP contribution is 2.02. The molecule has 0 radical (unpaired) electrons. The summed E-state index contributed by atoms with van der Waals surface area (Å²) < 4.78 is 1.77. The van der Waals surface area contributed by atoms with Crippen molar-refractivity contribution >= 4 is 5.82 Å². The second-order valence-corrected chi connectivity index (χ2v) is 3.52. The van der Waals surface area contributed by atoms with Gasteiger partial charge < -0.3 is 10.3 Å². The van der Waals surface area contributed by atoms with Gasteiger partial charge in [0.15, 0.2) is 0 Å². The molecule has 0 fully saturated rings. The van der Waals surface area contributed by atoms with Gasteiger partial charge in [-0.1, -0.05) is 0 Å². The lowest BCUT2D eigenvalue weighted by molar-refractivity contribution is 0.719. The van der Waals surface area contributed by atoms with Gasteiger partial charge >= 0.3 is 0 Å². The van der Waals surface area contributed by atoms with Crippen LogP contribution in [0.1, 0.15) is 11.5 Å². The summed E-state index contributed by atoms with van der Waals surface area (Å²) in [7, 11) is 1.87. The first-order chi connectivity index (χ1) is 7.65. The highest BCUT2D eigenvalue weighted by molar-refractivity contribution is 5.33. The number of rotatable bonds is 3. The van der Waals surface area contributed by atoms with Crippen LogP contribution < -0.4 is 10.9 Å². The number of aromatic amines is 1. The average molecular weight is 219 g/mol. The SMILES string of the molecule is Cc1nc(NCc2ccnn2C)cc(=O)[nH]1. The number of hydrogen-bond donors (Lipinski definition) is 2. The van der Waals surface area contributed by atoms with E-state index in [4.69, 9.17) is 0 Å². The summed E-state index contributed by atoms with van der Waals surface area (Å²) >= 11 is 0. The van der Waals surface area contributed by atoms with Crippen LogP contribution >= 0.6 is 0 Å². The first kappa shape index (κ1) is 10.4. The molecule has 0 bridgehead atoms. The third kappa shape index (κ3) is 2.28. The molecule has 0 aromatic carbocycles. The Morgan fingerprint density at radius 1 is 1.56 bits per heavy atom. The van der Waals surface area contributed by atoms with E-state index < -0.39 is 0 Å². The van der Waals surface area contributed by atoms with E-state index in [2.05, 4.69) is 20.4 Å². The van der Waals surface area contributed by atoms with Crippen LogP contribution in [-0.4, -0.2) is 19.7 Å². The average Bonchev–Trinajstić information content (AvgIpc) is 2.59. The number of aromatic nitrogens is 4. The Morgan fingerprint density at radius 3 is 3.00 bits per heavy atom. The van der Waals surface area contributed by atoms with Gasteiger partial charge in [0, 0.05) is 19.3 Å². The van der Waals surface area contributed by atoms with Crippen LogP contribution in [0.3, 0.4) is 0 Å². The number of H-pyrrole nitrogens is 1. The van der Waals surface area contributed by atoms with Gasteiger partial charge in [0.25, 0.3) is 5.56 Å². The minimum absolute atomic E-state index is 0.153. The highest BCUT2D eigenvalue weighted by atomic mass is 16.1. The number of nitrogens with one attached hydrogen (secondary N) is 2. The normalized spacial score (nSPS) is 10.4. The van der Waals surface area contributed by atoms with Crippen LogP contribution in [0.15, 0.2) is 23.1 Å². The first-order valence-corrected chi connectivity index (χ1v) is 4.94. The number of aryl methyl sites for hydroxylation is 2. The monoisotopic (exact) mass is 219 g/mol. The summed E-state index contributed by atoms with van der Waals surface area (Å²) in [4.78, 5) is 17.9. The minimum atomic E-state index is -0.153. The van der Waals surface area contributed by atoms with Crippen molar-refractivity contribution < 1.29 is 0 Å². The maximum absolute atomic E-state index is 11.2. The fourth-order valence-electron chi connectivity index (χ4n) is 1.43. The van der Waals surface area contributed by atoms with Gasteiger partial charge in [-0.15, -0.1) is 0 Å². The number of nitrogens with zero attached hydrogens (tertiary/aromatic N) is 3. The first-order valence-electron chi connectivity index (χ1n) is 4.94. The standard InChI is InChI=1S/C10H13N5O/c1-7-13-9(5-10(16)14-7)11-6-8-3-4-12-15(8)2/h3-5H,6H2,1-2H3,(H2,11,13,14,16). The third-order valence-electron chi connectivity index (χ3n) is 2.23. The Labute approximate surface area is 92.3 Å². The second-order valence-electron chi connectivity index (χ2n) is 3.52. The molecule has 84 valence electrons. The van der Waals surface area contributed by atoms with Crippen LogP contribution in [0.4, 0.5) is 5.82 Å². The van der Waals surface area contributed by atoms with Gasteiger partial charge in [0.2, 0.25) is 0 Å². The fourth-order valence-corrected chi connectivity index (χ4v) is 1.43. The maximum Gasteiger partial charge on any atom is 0.252 e. The van der Waals surface area contributed by atoms with Crippen LogP contribution in [0.25, 0.3) is 0 Å². The molecule has 6 heteroatoms. The van der Waals surface area contributed by atoms with E-state index in [1.54, 1.807) is 17.8 Å². The minimum Gasteiger partial charge on any atom is -0.364 e. The zero-order valence-corrected chi connectivity index (χ0v) is 9.19. The smallest absolute Gasteiger partial charge is 0.252 e. The van der Waals surface area contributed by atoms with Gasteiger partial charge in [-0.2, -0.15) is 5.10 Å². The lowest BCUT2D eigenvalue weighted by atomic mass is 10.4. The van der Waals surface area contributed by atoms with Crippen LogP contribution in [0.5, 0.6) is 0 Å². The molecule has 6 nitrogen and oxygen atoms in total. The van der Waals surface area contributed by atoms with Gasteiger partial charge in [-0.25, -0.2) is 4.98 Å². The molecule has 0 unspecified atom stereocenters. The molecule has 2 aromatic heterocycles. The fraction of sp³-hybridized carbons (Fsp3) is 0.300. The molecule has 2 N–H and O–H groups in total. The van der Waals surface area contributed by atoms with Crippen LogP contribution in [0, 0.1) is 6.92 Å². The van der Waals surface area contributed by atoms with E-state index in [9.17, 15) is 4.79 Å². The summed E-state index contributed by atoms with van der Waals surface area (Å²) in [5.74, 6) is 1.17. The zero-order chi connectivity index (χ0) is 11.5. The summed E-state index contributed by atoms with van der Waals surface area (Å²) in [6.07, 6.45) is 1.73. The zero-order valence-electron chi connectivity index (χ0n) is 9.19. The summed E-state index contributed by atoms with van der Waals surface area (Å²) in [6.45, 7) is 2.34. The number of hydrogen-bond acceptors (Lipinski definition) is 4. The quantitative estimate of drug-likeness (QED) is 0.784. The van der Waals surface area contributed by atoms with Crippen LogP contribution in [0.2, 0.25) is 0 Å². The van der Waals surface area contributed by atoms with Crippen molar-refractivity contribution in [2.75, 3.05) is 5.32 Å². The molecule has 0 aliphatic heterocycles. The molecule has 0 aliphatic rings. The Kier molecular flexibility index (Phi) is 2.72. The molecule has 0 amide bonds. The van der Waals surface area contributed by atoms with E-state index in [0.29, 0.717) is 18.2 Å². The molecule has 0 saturated carbocycles. The lowest BCUT2D eigenvalue weighted by Gasteiger charge is -2.05. The van der Waals surface area contributed by atoms with Crippen molar-refractivity contribution in [3.05, 3.63) is 40.2 Å². The Morgan fingerprint density at radius 2 is 2.38 bits per heavy atom. The van der Waals surface area contributed by atoms with E-state index in [-0.39, 0.29) is 5.56 Å². The predicted octanol–water partition coefficient (Wildman–Crippen LogP) is 0.424. The van der Waals surface area contributed by atoms with Crippen molar-refractivity contribution in [1.29, 1.82) is 0 Å². The Bertz CT molecular complexity index is 542. The van der Waals surface area contributed by atoms with E-state index in [1.165, 1.54) is 6.07 Å². The van der Waals surface area contributed by atoms with Gasteiger partial charge in [0.1, 0.15) is 11.6 Å². The van der Waals surface area contributed by atoms with Crippen molar-refractivity contribution in [1.82, 2.24) is 19.7 Å². The molecule has 0 aliphatic carbocycles. The number of anilines is 1. The van der Waals surface area contributed by atoms with E-state index in [1.807, 2.05) is 13.1 Å². The molecule has 2 aromatic rings. The molecule has 0 saturated heterocycles. The summed E-state index contributed by atoms with van der Waals surface area (Å²) in [5.41, 5.74) is 0.875. The predicted molar refractivity (Wildman–Crippen MR) is 60.1 cm³/mol. The van der Waals surface area contributed by atoms with E-state index >= 15 is 0 Å². The second kappa shape index (κ2) is 4.18. The third-order valence-corrected chi connectivity index (χ3v) is 2.23. The molecular formula is C10H13N5O. The lowest BCUT2D eigenvalue weighted by Crippen LogP contribution is -2.13. The molecular weight excluding hydrogens is 206 g/mol. The molecule has 2 heterocycles. The molecule has 0 spiro atoms. The van der Waals surface area contributed by atoms with Crippen LogP contribution in [-0.2, 0) is 13.6 Å². The summed E-state index contributed by atoms with van der Waals surface area (Å²) in [5, 5.41) is 7.13. The van der Waals surface area contributed by atoms with Crippen molar-refractivity contribution in [2.24, 2.45) is 7.05 Å². The van der Waals surface area contributed by atoms with Gasteiger partial charge in [0.05, 0.1) is 12.2 Å².